The number of carbonyl (C=O) groups excluding carboxylic acids is 1. The fourth-order valence-electron chi connectivity index (χ4n) is 5.32. The van der Waals surface area contributed by atoms with E-state index in [1.165, 1.54) is 5.56 Å². The Morgan fingerprint density at radius 2 is 1.91 bits per heavy atom. The average Bonchev–Trinajstić information content (AvgIpc) is 3.34. The summed E-state index contributed by atoms with van der Waals surface area (Å²) in [5.41, 5.74) is 4.45. The fraction of sp³-hybridized carbons (Fsp3) is 0.345. The van der Waals surface area contributed by atoms with Crippen LogP contribution in [-0.2, 0) is 6.42 Å². The van der Waals surface area contributed by atoms with Crippen molar-refractivity contribution in [3.8, 4) is 11.1 Å². The summed E-state index contributed by atoms with van der Waals surface area (Å²) in [6.07, 6.45) is 9.57. The predicted molar refractivity (Wildman–Crippen MR) is 141 cm³/mol. The van der Waals surface area contributed by atoms with Gasteiger partial charge in [0.25, 0.3) is 5.91 Å². The first-order chi connectivity index (χ1) is 17.0. The summed E-state index contributed by atoms with van der Waals surface area (Å²) in [5.74, 6) is 1.59. The Hall–Kier alpha value is -3.18. The van der Waals surface area contributed by atoms with Gasteiger partial charge in [0.15, 0.2) is 0 Å². The number of fused-ring (bicyclic) bond motifs is 1. The molecule has 3 heterocycles. The fourth-order valence-corrected chi connectivity index (χ4v) is 5.44. The molecule has 5 rings (SSSR count). The van der Waals surface area contributed by atoms with Gasteiger partial charge in [-0.2, -0.15) is 0 Å². The molecule has 180 valence electrons. The number of nitrogens with one attached hydrogen (secondary N) is 2. The van der Waals surface area contributed by atoms with Crippen molar-refractivity contribution < 1.29 is 4.79 Å². The minimum absolute atomic E-state index is 0.114. The highest BCUT2D eigenvalue weighted by atomic mass is 35.5. The number of pyridine rings is 2. The van der Waals surface area contributed by atoms with Gasteiger partial charge in [-0.1, -0.05) is 37.6 Å². The second-order valence-corrected chi connectivity index (χ2v) is 10.5. The molecule has 1 aromatic carbocycles. The summed E-state index contributed by atoms with van der Waals surface area (Å²) < 4.78 is 0. The van der Waals surface area contributed by atoms with Crippen LogP contribution < -0.4 is 5.32 Å². The number of aromatic nitrogens is 3. The summed E-state index contributed by atoms with van der Waals surface area (Å²) in [6, 6.07) is 16.1. The minimum atomic E-state index is -0.114. The van der Waals surface area contributed by atoms with Crippen molar-refractivity contribution >= 4 is 28.5 Å². The van der Waals surface area contributed by atoms with E-state index in [9.17, 15) is 4.79 Å². The average molecular weight is 487 g/mol. The first kappa shape index (κ1) is 23.6. The van der Waals surface area contributed by atoms with E-state index in [2.05, 4.69) is 52.3 Å². The lowest BCUT2D eigenvalue weighted by Crippen LogP contribution is -2.45. The molecule has 4 aromatic rings. The molecule has 1 aliphatic carbocycles. The number of benzene rings is 1. The highest BCUT2D eigenvalue weighted by molar-refractivity contribution is 6.30. The molecule has 0 aliphatic heterocycles. The molecular weight excluding hydrogens is 456 g/mol. The number of H-pyrrole nitrogens is 1. The number of hydrogen-bond acceptors (Lipinski definition) is 3. The van der Waals surface area contributed by atoms with Crippen LogP contribution in [-0.4, -0.2) is 26.9 Å². The van der Waals surface area contributed by atoms with Crippen LogP contribution in [0.15, 0.2) is 67.1 Å². The number of amides is 1. The normalized spacial score (nSPS) is 20.3. The van der Waals surface area contributed by atoms with Gasteiger partial charge < -0.3 is 10.3 Å². The smallest absolute Gasteiger partial charge is 0.270 e. The van der Waals surface area contributed by atoms with Crippen LogP contribution in [0, 0.1) is 17.8 Å². The van der Waals surface area contributed by atoms with Gasteiger partial charge in [0.05, 0.1) is 0 Å². The Morgan fingerprint density at radius 3 is 2.71 bits per heavy atom. The van der Waals surface area contributed by atoms with Crippen LogP contribution in [0.1, 0.15) is 49.2 Å². The minimum Gasteiger partial charge on any atom is -0.348 e. The standard InChI is InChI=1S/C29H31ClN4O/c1-18(2)20-5-8-26(23(14-20)13-19-3-6-25(30)7-4-19)34-29(35)27-16-21(9-11-31-27)24-15-22-10-12-32-28(22)33-17-24/h3-4,6-7,9-12,15-18,20,23,26H,5,8,13-14H2,1-2H3,(H,32,33)(H,34,35). The molecule has 0 radical (unpaired) electrons. The molecule has 2 N–H and O–H groups in total. The Bertz CT molecular complexity index is 1310. The topological polar surface area (TPSA) is 70.7 Å². The predicted octanol–water partition coefficient (Wildman–Crippen LogP) is 6.69. The van der Waals surface area contributed by atoms with Crippen LogP contribution in [0.25, 0.3) is 22.2 Å². The molecule has 1 fully saturated rings. The van der Waals surface area contributed by atoms with Gasteiger partial charge >= 0.3 is 0 Å². The van der Waals surface area contributed by atoms with Crippen molar-refractivity contribution in [1.29, 1.82) is 0 Å². The molecule has 3 aromatic heterocycles. The number of nitrogens with zero attached hydrogens (tertiary/aromatic N) is 2. The van der Waals surface area contributed by atoms with Crippen molar-refractivity contribution in [3.05, 3.63) is 83.4 Å². The van der Waals surface area contributed by atoms with Crippen LogP contribution in [0.2, 0.25) is 5.02 Å². The number of hydrogen-bond donors (Lipinski definition) is 2. The molecule has 5 nitrogen and oxygen atoms in total. The van der Waals surface area contributed by atoms with E-state index in [0.29, 0.717) is 23.4 Å². The first-order valence-corrected chi connectivity index (χ1v) is 12.8. The van der Waals surface area contributed by atoms with Crippen LogP contribution in [0.4, 0.5) is 0 Å². The zero-order valence-electron chi connectivity index (χ0n) is 20.2. The van der Waals surface area contributed by atoms with Gasteiger partial charge in [-0.15, -0.1) is 0 Å². The second kappa shape index (κ2) is 10.2. The van der Waals surface area contributed by atoms with Gasteiger partial charge in [0.1, 0.15) is 11.3 Å². The van der Waals surface area contributed by atoms with E-state index < -0.39 is 0 Å². The molecule has 0 spiro atoms. The number of carbonyl (C=O) groups is 1. The van der Waals surface area contributed by atoms with E-state index in [0.717, 1.165) is 52.9 Å². The molecule has 1 saturated carbocycles. The molecule has 0 bridgehead atoms. The SMILES string of the molecule is CC(C)C1CCC(NC(=O)c2cc(-c3cnc4[nH]ccc4c3)ccn2)C(Cc2ccc(Cl)cc2)C1. The van der Waals surface area contributed by atoms with Crippen molar-refractivity contribution in [2.75, 3.05) is 0 Å². The Labute approximate surface area is 211 Å². The van der Waals surface area contributed by atoms with E-state index in [-0.39, 0.29) is 11.9 Å². The molecule has 1 aliphatic rings. The summed E-state index contributed by atoms with van der Waals surface area (Å²) in [5, 5.41) is 5.12. The highest BCUT2D eigenvalue weighted by Gasteiger charge is 2.33. The maximum Gasteiger partial charge on any atom is 0.270 e. The van der Waals surface area contributed by atoms with Crippen molar-refractivity contribution in [2.24, 2.45) is 17.8 Å². The lowest BCUT2D eigenvalue weighted by Gasteiger charge is -2.38. The third kappa shape index (κ3) is 5.40. The third-order valence-electron chi connectivity index (χ3n) is 7.42. The van der Waals surface area contributed by atoms with Crippen LogP contribution in [0.5, 0.6) is 0 Å². The molecule has 1 amide bonds. The molecule has 35 heavy (non-hydrogen) atoms. The number of aromatic amines is 1. The maximum absolute atomic E-state index is 13.3. The largest absolute Gasteiger partial charge is 0.348 e. The number of rotatable bonds is 6. The zero-order valence-corrected chi connectivity index (χ0v) is 20.9. The van der Waals surface area contributed by atoms with Crippen molar-refractivity contribution in [3.63, 3.8) is 0 Å². The molecular formula is C29H31ClN4O. The number of halogens is 1. The third-order valence-corrected chi connectivity index (χ3v) is 7.67. The second-order valence-electron chi connectivity index (χ2n) is 10.1. The van der Waals surface area contributed by atoms with Gasteiger partial charge in [-0.25, -0.2) is 4.98 Å². The quantitative estimate of drug-likeness (QED) is 0.319. The van der Waals surface area contributed by atoms with E-state index in [1.807, 2.05) is 42.7 Å². The van der Waals surface area contributed by atoms with Gasteiger partial charge in [-0.05, 0) is 91.0 Å². The molecule has 3 atom stereocenters. The van der Waals surface area contributed by atoms with Crippen LogP contribution in [0.3, 0.4) is 0 Å². The van der Waals surface area contributed by atoms with Gasteiger partial charge in [0.2, 0.25) is 0 Å². The summed E-state index contributed by atoms with van der Waals surface area (Å²) in [6.45, 7) is 4.61. The summed E-state index contributed by atoms with van der Waals surface area (Å²) >= 11 is 6.09. The molecule has 6 heteroatoms. The Morgan fingerprint density at radius 1 is 1.09 bits per heavy atom. The van der Waals surface area contributed by atoms with Crippen molar-refractivity contribution in [1.82, 2.24) is 20.3 Å². The van der Waals surface area contributed by atoms with Crippen LogP contribution >= 0.6 is 11.6 Å². The Kier molecular flexibility index (Phi) is 6.87. The highest BCUT2D eigenvalue weighted by Crippen LogP contribution is 2.36. The molecule has 0 saturated heterocycles. The lowest BCUT2D eigenvalue weighted by atomic mass is 9.71. The maximum atomic E-state index is 13.3. The van der Waals surface area contributed by atoms with E-state index in [4.69, 9.17) is 11.6 Å². The lowest BCUT2D eigenvalue weighted by molar-refractivity contribution is 0.0871. The van der Waals surface area contributed by atoms with Crippen molar-refractivity contribution in [2.45, 2.75) is 45.6 Å². The summed E-state index contributed by atoms with van der Waals surface area (Å²) in [7, 11) is 0. The zero-order chi connectivity index (χ0) is 24.4. The Balaban J connectivity index is 1.34. The molecule has 3 unspecified atom stereocenters. The first-order valence-electron chi connectivity index (χ1n) is 12.4. The summed E-state index contributed by atoms with van der Waals surface area (Å²) in [4.78, 5) is 25.3. The monoisotopic (exact) mass is 486 g/mol. The van der Waals surface area contributed by atoms with Gasteiger partial charge in [-0.3, -0.25) is 9.78 Å². The van der Waals surface area contributed by atoms with E-state index >= 15 is 0 Å². The van der Waals surface area contributed by atoms with Gasteiger partial charge in [0, 0.05) is 40.6 Å². The van der Waals surface area contributed by atoms with E-state index in [1.54, 1.807) is 6.20 Å².